The highest BCUT2D eigenvalue weighted by Gasteiger charge is 2.17. The Kier molecular flexibility index (Phi) is 5.22. The van der Waals surface area contributed by atoms with Gasteiger partial charge < -0.3 is 4.52 Å². The molecule has 1 rings (SSSR count). The van der Waals surface area contributed by atoms with E-state index < -0.39 is 7.52 Å². The van der Waals surface area contributed by atoms with Crippen molar-refractivity contribution in [1.29, 1.82) is 0 Å². The van der Waals surface area contributed by atoms with Crippen LogP contribution in [0.3, 0.4) is 0 Å². The molecule has 0 amide bonds. The third kappa shape index (κ3) is 3.89. The predicted octanol–water partition coefficient (Wildman–Crippen LogP) is 3.55. The number of nitroso groups, excluding NO2 is 1. The molecular weight excluding hydrogens is 239 g/mol. The van der Waals surface area contributed by atoms with E-state index in [-0.39, 0.29) is 6.54 Å². The molecule has 0 spiro atoms. The molecule has 0 fully saturated rings. The summed E-state index contributed by atoms with van der Waals surface area (Å²) < 4.78 is 17.1. The second-order valence-corrected chi connectivity index (χ2v) is 5.39. The quantitative estimate of drug-likeness (QED) is 0.596. The van der Waals surface area contributed by atoms with Gasteiger partial charge in [-0.15, -0.1) is 4.91 Å². The van der Waals surface area contributed by atoms with Gasteiger partial charge in [-0.25, -0.2) is 5.09 Å². The lowest BCUT2D eigenvalue weighted by molar-refractivity contribution is 0.331. The van der Waals surface area contributed by atoms with Crippen LogP contribution in [0.2, 0.25) is 0 Å². The highest BCUT2D eigenvalue weighted by Crippen LogP contribution is 2.43. The van der Waals surface area contributed by atoms with E-state index in [0.29, 0.717) is 17.9 Å². The maximum Gasteiger partial charge on any atom is 0.292 e. The fraction of sp³-hybridized carbons (Fsp3) is 0.273. The van der Waals surface area contributed by atoms with Crippen LogP contribution in [-0.4, -0.2) is 6.61 Å². The van der Waals surface area contributed by atoms with Gasteiger partial charge in [0.25, 0.3) is 7.52 Å². The number of hydrogen-bond donors (Lipinski definition) is 1. The Morgan fingerprint density at radius 1 is 1.53 bits per heavy atom. The highest BCUT2D eigenvalue weighted by molar-refractivity contribution is 7.60. The van der Waals surface area contributed by atoms with E-state index in [0.717, 1.165) is 0 Å². The van der Waals surface area contributed by atoms with E-state index in [9.17, 15) is 9.47 Å². The van der Waals surface area contributed by atoms with Crippen molar-refractivity contribution in [2.75, 3.05) is 6.61 Å². The molecule has 92 valence electrons. The maximum absolute atomic E-state index is 12.0. The Morgan fingerprint density at radius 3 is 2.82 bits per heavy atom. The molecule has 1 atom stereocenters. The lowest BCUT2D eigenvalue weighted by Gasteiger charge is -2.15. The monoisotopic (exact) mass is 254 g/mol. The van der Waals surface area contributed by atoms with Crippen molar-refractivity contribution in [3.8, 4) is 0 Å². The first-order valence-electron chi connectivity index (χ1n) is 5.19. The predicted molar refractivity (Wildman–Crippen MR) is 68.2 cm³/mol. The fourth-order valence-electron chi connectivity index (χ4n) is 1.30. The van der Waals surface area contributed by atoms with E-state index in [4.69, 9.17) is 4.52 Å². The lowest BCUT2D eigenvalue weighted by atomic mass is 10.2. The average molecular weight is 254 g/mol. The van der Waals surface area contributed by atoms with Crippen molar-refractivity contribution >= 4 is 13.2 Å². The van der Waals surface area contributed by atoms with Crippen LogP contribution >= 0.6 is 7.52 Å². The van der Waals surface area contributed by atoms with Gasteiger partial charge in [0.2, 0.25) is 0 Å². The fourth-order valence-corrected chi connectivity index (χ4v) is 2.40. The van der Waals surface area contributed by atoms with Crippen LogP contribution in [0.15, 0.2) is 41.8 Å². The Balaban J connectivity index is 2.75. The Hall–Kier alpha value is -1.29. The molecule has 0 aliphatic carbocycles. The number of hydrogen-bond acceptors (Lipinski definition) is 4. The topological polar surface area (TPSA) is 67.8 Å². The number of nitrogens with one attached hydrogen (secondary N) is 1. The average Bonchev–Trinajstić information content (AvgIpc) is 2.37. The van der Waals surface area contributed by atoms with E-state index in [1.165, 1.54) is 5.82 Å². The molecule has 5 nitrogen and oxygen atoms in total. The molecule has 1 aromatic carbocycles. The van der Waals surface area contributed by atoms with Gasteiger partial charge >= 0.3 is 0 Å². The molecule has 0 aliphatic rings. The van der Waals surface area contributed by atoms with Gasteiger partial charge in [-0.2, -0.15) is 0 Å². The van der Waals surface area contributed by atoms with Crippen molar-refractivity contribution in [3.05, 3.63) is 47.1 Å². The summed E-state index contributed by atoms with van der Waals surface area (Å²) in [7, 11) is -3.03. The standard InChI is InChI=1S/C11H15N2O3P/c1-3-16-17(15,4-2)12-9-10-7-5-6-8-11(10)13-14/h4-8H,2-3,9H2,1H3,(H,12,15). The van der Waals surface area contributed by atoms with E-state index in [1.54, 1.807) is 31.2 Å². The zero-order valence-corrected chi connectivity index (χ0v) is 10.5. The van der Waals surface area contributed by atoms with Crippen molar-refractivity contribution in [2.24, 2.45) is 5.18 Å². The first-order valence-corrected chi connectivity index (χ1v) is 6.89. The third-order valence-corrected chi connectivity index (χ3v) is 3.86. The first-order chi connectivity index (χ1) is 8.15. The van der Waals surface area contributed by atoms with Gasteiger partial charge in [-0.1, -0.05) is 24.8 Å². The molecule has 0 saturated carbocycles. The molecule has 0 radical (unpaired) electrons. The summed E-state index contributed by atoms with van der Waals surface area (Å²) >= 11 is 0. The van der Waals surface area contributed by atoms with Gasteiger partial charge in [0.15, 0.2) is 0 Å². The molecule has 0 bridgehead atoms. The van der Waals surface area contributed by atoms with E-state index in [1.807, 2.05) is 0 Å². The molecular formula is C11H15N2O3P. The van der Waals surface area contributed by atoms with Crippen LogP contribution in [-0.2, 0) is 15.6 Å². The smallest absolute Gasteiger partial charge is 0.292 e. The Bertz CT molecular complexity index is 448. The number of benzene rings is 1. The number of rotatable bonds is 7. The van der Waals surface area contributed by atoms with Gasteiger partial charge in [-0.05, 0) is 23.7 Å². The number of nitrogens with zero attached hydrogens (tertiary/aromatic N) is 1. The highest BCUT2D eigenvalue weighted by atomic mass is 31.2. The van der Waals surface area contributed by atoms with Crippen LogP contribution in [0.25, 0.3) is 0 Å². The van der Waals surface area contributed by atoms with Crippen LogP contribution < -0.4 is 5.09 Å². The van der Waals surface area contributed by atoms with Crippen LogP contribution in [0.5, 0.6) is 0 Å². The minimum absolute atomic E-state index is 0.241. The lowest BCUT2D eigenvalue weighted by Crippen LogP contribution is -2.10. The van der Waals surface area contributed by atoms with Crippen molar-refractivity contribution in [2.45, 2.75) is 13.5 Å². The molecule has 0 heterocycles. The summed E-state index contributed by atoms with van der Waals surface area (Å²) in [5.41, 5.74) is 0.997. The van der Waals surface area contributed by atoms with Gasteiger partial charge in [-0.3, -0.25) is 4.57 Å². The Morgan fingerprint density at radius 2 is 2.24 bits per heavy atom. The Labute approximate surface area is 100 Å². The van der Waals surface area contributed by atoms with Crippen molar-refractivity contribution in [3.63, 3.8) is 0 Å². The summed E-state index contributed by atoms with van der Waals surface area (Å²) in [6.45, 7) is 5.78. The molecule has 6 heteroatoms. The maximum atomic E-state index is 12.0. The van der Waals surface area contributed by atoms with Crippen molar-refractivity contribution in [1.82, 2.24) is 5.09 Å². The van der Waals surface area contributed by atoms with Crippen LogP contribution in [0, 0.1) is 4.91 Å². The zero-order valence-electron chi connectivity index (χ0n) is 9.63. The largest absolute Gasteiger partial charge is 0.315 e. The van der Waals surface area contributed by atoms with Crippen LogP contribution in [0.1, 0.15) is 12.5 Å². The summed E-state index contributed by atoms with van der Waals surface area (Å²) in [6, 6.07) is 6.84. The molecule has 1 aromatic rings. The van der Waals surface area contributed by atoms with E-state index >= 15 is 0 Å². The second kappa shape index (κ2) is 6.45. The SMILES string of the molecule is C=CP(=O)(NCc1ccccc1N=O)OCC. The summed E-state index contributed by atoms with van der Waals surface area (Å²) in [6.07, 6.45) is 0. The normalized spacial score (nSPS) is 13.9. The van der Waals surface area contributed by atoms with Gasteiger partial charge in [0.1, 0.15) is 5.69 Å². The molecule has 17 heavy (non-hydrogen) atoms. The van der Waals surface area contributed by atoms with Gasteiger partial charge in [0, 0.05) is 12.4 Å². The molecule has 1 unspecified atom stereocenters. The summed E-state index contributed by atoms with van der Waals surface area (Å²) in [5.74, 6) is 1.26. The van der Waals surface area contributed by atoms with Gasteiger partial charge in [0.05, 0.1) is 6.61 Å². The second-order valence-electron chi connectivity index (χ2n) is 3.25. The zero-order chi connectivity index (χ0) is 12.7. The summed E-state index contributed by atoms with van der Waals surface area (Å²) in [4.78, 5) is 10.5. The van der Waals surface area contributed by atoms with E-state index in [2.05, 4.69) is 16.8 Å². The summed E-state index contributed by atoms with van der Waals surface area (Å²) in [5, 5.41) is 5.65. The molecule has 0 aliphatic heterocycles. The minimum Gasteiger partial charge on any atom is -0.315 e. The first kappa shape index (κ1) is 13.8. The molecule has 0 aromatic heterocycles. The molecule has 0 saturated heterocycles. The van der Waals surface area contributed by atoms with Crippen LogP contribution in [0.4, 0.5) is 5.69 Å². The van der Waals surface area contributed by atoms with Crippen molar-refractivity contribution < 1.29 is 9.09 Å². The minimum atomic E-state index is -3.03. The molecule has 1 N–H and O–H groups in total. The third-order valence-electron chi connectivity index (χ3n) is 2.14.